The van der Waals surface area contributed by atoms with E-state index in [0.29, 0.717) is 23.0 Å². The SMILES string of the molecule is COc1ccc(OC)c(NC(=O)CSc2ccc(N)nc2)c1. The third kappa shape index (κ3) is 4.29. The number of anilines is 2. The Bertz CT molecular complexity index is 647. The molecule has 1 amide bonds. The van der Waals surface area contributed by atoms with Crippen molar-refractivity contribution in [2.24, 2.45) is 0 Å². The van der Waals surface area contributed by atoms with Gasteiger partial charge in [-0.25, -0.2) is 4.98 Å². The maximum atomic E-state index is 12.0. The second-order valence-corrected chi connectivity index (χ2v) is 5.37. The van der Waals surface area contributed by atoms with Crippen molar-refractivity contribution >= 4 is 29.2 Å². The highest BCUT2D eigenvalue weighted by atomic mass is 32.2. The number of ether oxygens (including phenoxy) is 2. The molecule has 1 aromatic heterocycles. The lowest BCUT2D eigenvalue weighted by atomic mass is 10.2. The maximum Gasteiger partial charge on any atom is 0.234 e. The maximum absolute atomic E-state index is 12.0. The Balaban J connectivity index is 1.98. The molecule has 0 spiro atoms. The second kappa shape index (κ2) is 7.56. The molecule has 7 heteroatoms. The van der Waals surface area contributed by atoms with Crippen LogP contribution in [0.25, 0.3) is 0 Å². The number of amides is 1. The van der Waals surface area contributed by atoms with Crippen LogP contribution in [0.2, 0.25) is 0 Å². The molecule has 0 aliphatic heterocycles. The van der Waals surface area contributed by atoms with Gasteiger partial charge in [0.2, 0.25) is 5.91 Å². The van der Waals surface area contributed by atoms with Crippen LogP contribution in [0, 0.1) is 0 Å². The van der Waals surface area contributed by atoms with Gasteiger partial charge >= 0.3 is 0 Å². The van der Waals surface area contributed by atoms with Crippen molar-refractivity contribution in [1.82, 2.24) is 4.98 Å². The summed E-state index contributed by atoms with van der Waals surface area (Å²) in [6.45, 7) is 0. The van der Waals surface area contributed by atoms with Crippen LogP contribution >= 0.6 is 11.8 Å². The number of pyridine rings is 1. The summed E-state index contributed by atoms with van der Waals surface area (Å²) < 4.78 is 10.4. The first-order valence-electron chi connectivity index (χ1n) is 6.48. The molecule has 3 N–H and O–H groups in total. The number of nitrogens with one attached hydrogen (secondary N) is 1. The van der Waals surface area contributed by atoms with Crippen molar-refractivity contribution in [2.45, 2.75) is 4.90 Å². The average Bonchev–Trinajstić information content (AvgIpc) is 2.54. The van der Waals surface area contributed by atoms with Gasteiger partial charge in [-0.2, -0.15) is 0 Å². The Morgan fingerprint density at radius 3 is 2.73 bits per heavy atom. The smallest absolute Gasteiger partial charge is 0.234 e. The van der Waals surface area contributed by atoms with E-state index < -0.39 is 0 Å². The number of hydrogen-bond acceptors (Lipinski definition) is 6. The molecule has 0 aliphatic carbocycles. The number of nitrogens with zero attached hydrogens (tertiary/aromatic N) is 1. The number of hydrogen-bond donors (Lipinski definition) is 2. The highest BCUT2D eigenvalue weighted by Crippen LogP contribution is 2.29. The minimum absolute atomic E-state index is 0.145. The van der Waals surface area contributed by atoms with Crippen LogP contribution in [0.5, 0.6) is 11.5 Å². The summed E-state index contributed by atoms with van der Waals surface area (Å²) in [7, 11) is 3.11. The van der Waals surface area contributed by atoms with Gasteiger partial charge in [-0.05, 0) is 24.3 Å². The summed E-state index contributed by atoms with van der Waals surface area (Å²) in [4.78, 5) is 16.9. The van der Waals surface area contributed by atoms with E-state index in [1.165, 1.54) is 11.8 Å². The quantitative estimate of drug-likeness (QED) is 0.795. The highest BCUT2D eigenvalue weighted by molar-refractivity contribution is 8.00. The molecular weight excluding hydrogens is 302 g/mol. The average molecular weight is 319 g/mol. The largest absolute Gasteiger partial charge is 0.497 e. The van der Waals surface area contributed by atoms with Crippen molar-refractivity contribution in [3.8, 4) is 11.5 Å². The van der Waals surface area contributed by atoms with E-state index in [-0.39, 0.29) is 11.7 Å². The van der Waals surface area contributed by atoms with Gasteiger partial charge in [-0.1, -0.05) is 0 Å². The van der Waals surface area contributed by atoms with Crippen LogP contribution in [0.3, 0.4) is 0 Å². The molecule has 6 nitrogen and oxygen atoms in total. The number of thioether (sulfide) groups is 1. The third-order valence-corrected chi connectivity index (χ3v) is 3.79. The lowest BCUT2D eigenvalue weighted by Crippen LogP contribution is -2.14. The molecule has 1 heterocycles. The molecule has 22 heavy (non-hydrogen) atoms. The Hall–Kier alpha value is -2.41. The van der Waals surface area contributed by atoms with Gasteiger partial charge < -0.3 is 20.5 Å². The molecule has 0 aliphatic rings. The van der Waals surface area contributed by atoms with Crippen LogP contribution in [0.1, 0.15) is 0 Å². The van der Waals surface area contributed by atoms with Crippen LogP contribution < -0.4 is 20.5 Å². The first kappa shape index (κ1) is 16.0. The number of rotatable bonds is 6. The van der Waals surface area contributed by atoms with E-state index in [1.54, 1.807) is 44.7 Å². The predicted octanol–water partition coefficient (Wildman–Crippen LogP) is 2.41. The molecule has 2 aromatic rings. The number of benzene rings is 1. The summed E-state index contributed by atoms with van der Waals surface area (Å²) >= 11 is 1.38. The minimum atomic E-state index is -0.145. The van der Waals surface area contributed by atoms with Gasteiger partial charge in [-0.3, -0.25) is 4.79 Å². The zero-order valence-electron chi connectivity index (χ0n) is 12.3. The van der Waals surface area contributed by atoms with E-state index >= 15 is 0 Å². The number of nitrogens with two attached hydrogens (primary N) is 1. The highest BCUT2D eigenvalue weighted by Gasteiger charge is 2.09. The van der Waals surface area contributed by atoms with Crippen molar-refractivity contribution in [3.63, 3.8) is 0 Å². The zero-order chi connectivity index (χ0) is 15.9. The second-order valence-electron chi connectivity index (χ2n) is 4.32. The van der Waals surface area contributed by atoms with Gasteiger partial charge in [0.05, 0.1) is 25.7 Å². The van der Waals surface area contributed by atoms with E-state index in [9.17, 15) is 4.79 Å². The summed E-state index contributed by atoms with van der Waals surface area (Å²) in [5.41, 5.74) is 6.09. The summed E-state index contributed by atoms with van der Waals surface area (Å²) in [6, 6.07) is 8.75. The number of nitrogen functional groups attached to an aromatic ring is 1. The van der Waals surface area contributed by atoms with Crippen LogP contribution in [-0.2, 0) is 4.79 Å². The molecule has 0 radical (unpaired) electrons. The molecular formula is C15H17N3O3S. The van der Waals surface area contributed by atoms with Crippen molar-refractivity contribution in [1.29, 1.82) is 0 Å². The predicted molar refractivity (Wildman–Crippen MR) is 87.5 cm³/mol. The minimum Gasteiger partial charge on any atom is -0.497 e. The molecule has 0 unspecified atom stereocenters. The number of aromatic nitrogens is 1. The molecule has 0 saturated carbocycles. The van der Waals surface area contributed by atoms with Gasteiger partial charge in [-0.15, -0.1) is 11.8 Å². The lowest BCUT2D eigenvalue weighted by molar-refractivity contribution is -0.113. The van der Waals surface area contributed by atoms with Crippen LogP contribution in [-0.4, -0.2) is 30.9 Å². The van der Waals surface area contributed by atoms with Crippen molar-refractivity contribution in [3.05, 3.63) is 36.5 Å². The van der Waals surface area contributed by atoms with Gasteiger partial charge in [0.15, 0.2) is 0 Å². The Kier molecular flexibility index (Phi) is 5.48. The molecule has 116 valence electrons. The standard InChI is InChI=1S/C15H17N3O3S/c1-20-10-3-5-13(21-2)12(7-10)18-15(19)9-22-11-4-6-14(16)17-8-11/h3-8H,9H2,1-2H3,(H2,16,17)(H,18,19). The number of carbonyl (C=O) groups is 1. The fourth-order valence-corrected chi connectivity index (χ4v) is 2.39. The van der Waals surface area contributed by atoms with Crippen LogP contribution in [0.4, 0.5) is 11.5 Å². The zero-order valence-corrected chi connectivity index (χ0v) is 13.1. The van der Waals surface area contributed by atoms with E-state index in [1.807, 2.05) is 6.07 Å². The normalized spacial score (nSPS) is 10.1. The topological polar surface area (TPSA) is 86.5 Å². The van der Waals surface area contributed by atoms with Crippen molar-refractivity contribution in [2.75, 3.05) is 31.0 Å². The Labute approximate surface area is 133 Å². The first-order valence-corrected chi connectivity index (χ1v) is 7.47. The Morgan fingerprint density at radius 2 is 2.09 bits per heavy atom. The van der Waals surface area contributed by atoms with E-state index in [0.717, 1.165) is 4.90 Å². The van der Waals surface area contributed by atoms with Crippen molar-refractivity contribution < 1.29 is 14.3 Å². The lowest BCUT2D eigenvalue weighted by Gasteiger charge is -2.11. The molecule has 0 fully saturated rings. The summed E-state index contributed by atoms with van der Waals surface area (Å²) in [5.74, 6) is 1.79. The molecule has 2 rings (SSSR count). The van der Waals surface area contributed by atoms with Crippen LogP contribution in [0.15, 0.2) is 41.4 Å². The van der Waals surface area contributed by atoms with Gasteiger partial charge in [0, 0.05) is 17.2 Å². The van der Waals surface area contributed by atoms with E-state index in [4.69, 9.17) is 15.2 Å². The molecule has 0 bridgehead atoms. The van der Waals surface area contributed by atoms with E-state index in [2.05, 4.69) is 10.3 Å². The molecule has 0 atom stereocenters. The monoisotopic (exact) mass is 319 g/mol. The number of methoxy groups -OCH3 is 2. The fraction of sp³-hybridized carbons (Fsp3) is 0.200. The molecule has 0 saturated heterocycles. The number of carbonyl (C=O) groups excluding carboxylic acids is 1. The van der Waals surface area contributed by atoms with Gasteiger partial charge in [0.1, 0.15) is 17.3 Å². The molecule has 1 aromatic carbocycles. The first-order chi connectivity index (χ1) is 10.6. The summed E-state index contributed by atoms with van der Waals surface area (Å²) in [6.07, 6.45) is 1.64. The Morgan fingerprint density at radius 1 is 1.27 bits per heavy atom. The fourth-order valence-electron chi connectivity index (χ4n) is 1.72. The third-order valence-electron chi connectivity index (χ3n) is 2.81. The summed E-state index contributed by atoms with van der Waals surface area (Å²) in [5, 5.41) is 2.81. The van der Waals surface area contributed by atoms with Gasteiger partial charge in [0.25, 0.3) is 0 Å².